The lowest BCUT2D eigenvalue weighted by Crippen LogP contribution is -2.42. The van der Waals surface area contributed by atoms with Gasteiger partial charge in [0.05, 0.1) is 10.0 Å². The number of carboxylic acid groups (broad SMARTS) is 1. The summed E-state index contributed by atoms with van der Waals surface area (Å²) in [6, 6.07) is 0. The molecule has 4 heteroatoms. The van der Waals surface area contributed by atoms with Crippen LogP contribution in [-0.4, -0.2) is 21.6 Å². The first kappa shape index (κ1) is 8.27. The van der Waals surface area contributed by atoms with Crippen LogP contribution < -0.4 is 5.11 Å². The molecule has 0 bridgehead atoms. The van der Waals surface area contributed by atoms with Gasteiger partial charge in [-0.25, -0.2) is 0 Å². The Balaban J connectivity index is 2.56. The molecule has 0 atom stereocenters. The molecular weight excluding hydrogens is 168 g/mol. The first-order valence-corrected chi connectivity index (χ1v) is 5.12. The van der Waals surface area contributed by atoms with Crippen LogP contribution in [-0.2, 0) is 4.79 Å². The fourth-order valence-electron chi connectivity index (χ4n) is 0.752. The van der Waals surface area contributed by atoms with Crippen molar-refractivity contribution in [2.75, 3.05) is 11.5 Å². The van der Waals surface area contributed by atoms with E-state index in [9.17, 15) is 9.90 Å². The molecule has 0 aromatic heterocycles. The minimum atomic E-state index is -0.942. The average Bonchev–Trinajstić information content (AvgIpc) is 1.89. The van der Waals surface area contributed by atoms with Crippen LogP contribution in [0.5, 0.6) is 0 Å². The SMILES string of the molecule is CC1(C(=O)[O-])SCCCS1. The highest BCUT2D eigenvalue weighted by molar-refractivity contribution is 8.19. The van der Waals surface area contributed by atoms with Crippen LogP contribution in [0.2, 0.25) is 0 Å². The van der Waals surface area contributed by atoms with E-state index in [4.69, 9.17) is 0 Å². The summed E-state index contributed by atoms with van der Waals surface area (Å²) < 4.78 is -0.682. The molecule has 0 radical (unpaired) electrons. The Morgan fingerprint density at radius 3 is 2.30 bits per heavy atom. The van der Waals surface area contributed by atoms with Crippen molar-refractivity contribution in [3.8, 4) is 0 Å². The van der Waals surface area contributed by atoms with E-state index >= 15 is 0 Å². The van der Waals surface area contributed by atoms with Crippen LogP contribution in [0.4, 0.5) is 0 Å². The Hall–Kier alpha value is 0.170. The van der Waals surface area contributed by atoms with Gasteiger partial charge in [0, 0.05) is 0 Å². The van der Waals surface area contributed by atoms with Gasteiger partial charge in [-0.05, 0) is 24.9 Å². The summed E-state index contributed by atoms with van der Waals surface area (Å²) in [5, 5.41) is 10.5. The second kappa shape index (κ2) is 3.05. The molecule has 0 saturated carbocycles. The van der Waals surface area contributed by atoms with Gasteiger partial charge in [-0.2, -0.15) is 0 Å². The lowest BCUT2D eigenvalue weighted by molar-refractivity contribution is -0.305. The van der Waals surface area contributed by atoms with E-state index in [2.05, 4.69) is 0 Å². The van der Waals surface area contributed by atoms with Crippen molar-refractivity contribution < 1.29 is 9.90 Å². The van der Waals surface area contributed by atoms with Crippen LogP contribution >= 0.6 is 23.5 Å². The van der Waals surface area contributed by atoms with E-state index in [0.717, 1.165) is 17.9 Å². The molecule has 1 aliphatic rings. The second-order valence-corrected chi connectivity index (χ2v) is 5.57. The lowest BCUT2D eigenvalue weighted by Gasteiger charge is -2.32. The fourth-order valence-corrected chi connectivity index (χ4v) is 3.36. The van der Waals surface area contributed by atoms with Gasteiger partial charge in [-0.15, -0.1) is 23.5 Å². The van der Waals surface area contributed by atoms with Crippen molar-refractivity contribution in [2.45, 2.75) is 17.4 Å². The third-order valence-corrected chi connectivity index (χ3v) is 4.54. The third-order valence-electron chi connectivity index (χ3n) is 1.41. The Bertz CT molecular complexity index is 141. The molecule has 0 aromatic carbocycles. The molecular formula is C6H9O2S2-. The van der Waals surface area contributed by atoms with E-state index in [1.807, 2.05) is 0 Å². The van der Waals surface area contributed by atoms with Crippen molar-refractivity contribution in [3.05, 3.63) is 0 Å². The van der Waals surface area contributed by atoms with E-state index in [1.54, 1.807) is 6.92 Å². The van der Waals surface area contributed by atoms with Crippen molar-refractivity contribution >= 4 is 29.5 Å². The molecule has 0 unspecified atom stereocenters. The number of aliphatic carboxylic acids is 1. The molecule has 10 heavy (non-hydrogen) atoms. The van der Waals surface area contributed by atoms with Crippen LogP contribution in [0.1, 0.15) is 13.3 Å². The van der Waals surface area contributed by atoms with Gasteiger partial charge >= 0.3 is 0 Å². The summed E-state index contributed by atoms with van der Waals surface area (Å²) in [7, 11) is 0. The number of carbonyl (C=O) groups excluding carboxylic acids is 1. The van der Waals surface area contributed by atoms with E-state index in [1.165, 1.54) is 23.5 Å². The van der Waals surface area contributed by atoms with Crippen LogP contribution in [0, 0.1) is 0 Å². The van der Waals surface area contributed by atoms with Gasteiger partial charge in [0.25, 0.3) is 0 Å². The summed E-state index contributed by atoms with van der Waals surface area (Å²) >= 11 is 2.95. The number of carbonyl (C=O) groups is 1. The molecule has 1 aliphatic heterocycles. The number of hydrogen-bond donors (Lipinski definition) is 0. The van der Waals surface area contributed by atoms with Crippen molar-refractivity contribution in [2.24, 2.45) is 0 Å². The summed E-state index contributed by atoms with van der Waals surface area (Å²) in [5.74, 6) is 0.941. The van der Waals surface area contributed by atoms with Crippen molar-refractivity contribution in [3.63, 3.8) is 0 Å². The van der Waals surface area contributed by atoms with Crippen molar-refractivity contribution in [1.29, 1.82) is 0 Å². The Kier molecular flexibility index (Phi) is 2.52. The van der Waals surface area contributed by atoms with E-state index in [-0.39, 0.29) is 0 Å². The molecule has 0 N–H and O–H groups in total. The first-order valence-electron chi connectivity index (χ1n) is 3.14. The van der Waals surface area contributed by atoms with Gasteiger partial charge in [-0.1, -0.05) is 0 Å². The topological polar surface area (TPSA) is 40.1 Å². The van der Waals surface area contributed by atoms with Gasteiger partial charge in [0.2, 0.25) is 0 Å². The van der Waals surface area contributed by atoms with Gasteiger partial charge < -0.3 is 9.90 Å². The van der Waals surface area contributed by atoms with Crippen LogP contribution in [0.15, 0.2) is 0 Å². The zero-order valence-electron chi connectivity index (χ0n) is 5.75. The van der Waals surface area contributed by atoms with Crippen LogP contribution in [0.25, 0.3) is 0 Å². The molecule has 1 saturated heterocycles. The molecule has 1 rings (SSSR count). The molecule has 0 aliphatic carbocycles. The Morgan fingerprint density at radius 1 is 1.50 bits per heavy atom. The Labute approximate surface area is 68.8 Å². The predicted octanol–water partition coefficient (Wildman–Crippen LogP) is 0.323. The summed E-state index contributed by atoms with van der Waals surface area (Å²) in [5.41, 5.74) is 0. The third kappa shape index (κ3) is 1.61. The van der Waals surface area contributed by atoms with Crippen LogP contribution in [0.3, 0.4) is 0 Å². The maximum Gasteiger partial charge on any atom is 0.0975 e. The maximum absolute atomic E-state index is 10.5. The minimum absolute atomic E-state index is 0.682. The second-order valence-electron chi connectivity index (χ2n) is 2.28. The normalized spacial score (nSPS) is 24.1. The lowest BCUT2D eigenvalue weighted by atomic mass is 10.5. The quantitative estimate of drug-likeness (QED) is 0.578. The smallest absolute Gasteiger partial charge is 0.0975 e. The maximum atomic E-state index is 10.5. The zero-order valence-corrected chi connectivity index (χ0v) is 7.39. The van der Waals surface area contributed by atoms with Gasteiger partial charge in [-0.3, -0.25) is 0 Å². The Morgan fingerprint density at radius 2 is 2.00 bits per heavy atom. The molecule has 2 nitrogen and oxygen atoms in total. The summed E-state index contributed by atoms with van der Waals surface area (Å²) in [4.78, 5) is 10.5. The molecule has 0 aromatic rings. The van der Waals surface area contributed by atoms with Gasteiger partial charge in [0.1, 0.15) is 0 Å². The molecule has 1 heterocycles. The predicted molar refractivity (Wildman–Crippen MR) is 42.9 cm³/mol. The number of rotatable bonds is 1. The first-order chi connectivity index (χ1) is 4.65. The number of hydrogen-bond acceptors (Lipinski definition) is 4. The highest BCUT2D eigenvalue weighted by atomic mass is 32.2. The molecule has 58 valence electrons. The highest BCUT2D eigenvalue weighted by Crippen LogP contribution is 2.40. The number of carboxylic acids is 1. The highest BCUT2D eigenvalue weighted by Gasteiger charge is 2.29. The summed E-state index contributed by atoms with van der Waals surface area (Å²) in [6.45, 7) is 1.72. The molecule has 0 spiro atoms. The fraction of sp³-hybridized carbons (Fsp3) is 0.833. The minimum Gasteiger partial charge on any atom is -0.548 e. The number of thioether (sulfide) groups is 2. The zero-order chi connectivity index (χ0) is 7.61. The molecule has 0 amide bonds. The summed E-state index contributed by atoms with van der Waals surface area (Å²) in [6.07, 6.45) is 1.11. The standard InChI is InChI=1S/C6H10O2S2/c1-6(5(7)8)9-3-2-4-10-6/h2-4H2,1H3,(H,7,8)/p-1. The van der Waals surface area contributed by atoms with E-state index in [0.29, 0.717) is 0 Å². The average molecular weight is 177 g/mol. The largest absolute Gasteiger partial charge is 0.548 e. The molecule has 1 fully saturated rings. The van der Waals surface area contributed by atoms with Gasteiger partial charge in [0.15, 0.2) is 0 Å². The van der Waals surface area contributed by atoms with Crippen molar-refractivity contribution in [1.82, 2.24) is 0 Å². The van der Waals surface area contributed by atoms with E-state index < -0.39 is 10.0 Å². The monoisotopic (exact) mass is 177 g/mol.